The van der Waals surface area contributed by atoms with Gasteiger partial charge in [0.05, 0.1) is 25.1 Å². The highest BCUT2D eigenvalue weighted by Gasteiger charge is 2.23. The van der Waals surface area contributed by atoms with E-state index in [0.29, 0.717) is 35.3 Å². The number of aromatic nitrogens is 2. The van der Waals surface area contributed by atoms with Crippen LogP contribution in [0.4, 0.5) is 5.95 Å². The summed E-state index contributed by atoms with van der Waals surface area (Å²) < 4.78 is 12.7. The van der Waals surface area contributed by atoms with Gasteiger partial charge in [-0.1, -0.05) is 42.5 Å². The smallest absolute Gasteiger partial charge is 0.254 e. The summed E-state index contributed by atoms with van der Waals surface area (Å²) in [5, 5.41) is 2.92. The minimum Gasteiger partial charge on any atom is -0.497 e. The maximum Gasteiger partial charge on any atom is 0.254 e. The van der Waals surface area contributed by atoms with E-state index in [9.17, 15) is 9.59 Å². The number of nitrogens with one attached hydrogen (secondary N) is 1. The van der Waals surface area contributed by atoms with Crippen molar-refractivity contribution in [1.82, 2.24) is 14.5 Å². The van der Waals surface area contributed by atoms with Gasteiger partial charge in [0.2, 0.25) is 11.9 Å². The molecular formula is C30H32N4O4. The number of hydrogen-bond donors (Lipinski definition) is 1. The zero-order chi connectivity index (χ0) is 27.1. The van der Waals surface area contributed by atoms with Crippen LogP contribution in [-0.2, 0) is 4.79 Å². The number of amides is 2. The number of ether oxygens (including phenoxy) is 2. The number of benzene rings is 3. The predicted molar refractivity (Wildman–Crippen MR) is 148 cm³/mol. The minimum atomic E-state index is -0.359. The van der Waals surface area contributed by atoms with Crippen molar-refractivity contribution >= 4 is 17.8 Å². The molecule has 8 heteroatoms. The van der Waals surface area contributed by atoms with E-state index in [0.717, 1.165) is 11.3 Å². The van der Waals surface area contributed by atoms with E-state index in [1.165, 1.54) is 4.90 Å². The molecule has 1 aromatic heterocycles. The standard InChI is InChI=1S/C30H32N4O4/c1-5-38-26-16-10-14-24(18-26)34-19-27(22-11-7-6-8-12-22)31-30(34)32-28(35)20-33(21(2)3)29(36)23-13-9-15-25(17-23)37-4/h6-19,21H,5,20H2,1-4H3,(H,31,32,35). The average molecular weight is 513 g/mol. The maximum atomic E-state index is 13.3. The van der Waals surface area contributed by atoms with E-state index in [1.807, 2.05) is 86.1 Å². The number of nitrogens with zero attached hydrogens (tertiary/aromatic N) is 3. The van der Waals surface area contributed by atoms with Crippen LogP contribution in [0.3, 0.4) is 0 Å². The van der Waals surface area contributed by atoms with Crippen LogP contribution in [0.2, 0.25) is 0 Å². The SMILES string of the molecule is CCOc1cccc(-n2cc(-c3ccccc3)nc2NC(=O)CN(C(=O)c2cccc(OC)c2)C(C)C)c1. The zero-order valence-corrected chi connectivity index (χ0v) is 22.0. The topological polar surface area (TPSA) is 85.7 Å². The Morgan fingerprint density at radius 3 is 2.42 bits per heavy atom. The molecule has 0 atom stereocenters. The molecule has 196 valence electrons. The summed E-state index contributed by atoms with van der Waals surface area (Å²) in [5.74, 6) is 1.02. The van der Waals surface area contributed by atoms with Crippen molar-refractivity contribution in [2.45, 2.75) is 26.8 Å². The molecule has 4 rings (SSSR count). The van der Waals surface area contributed by atoms with Crippen LogP contribution in [-0.4, -0.2) is 52.6 Å². The number of anilines is 1. The number of imidazole rings is 1. The fraction of sp³-hybridized carbons (Fsp3) is 0.233. The highest BCUT2D eigenvalue weighted by atomic mass is 16.5. The van der Waals surface area contributed by atoms with Gasteiger partial charge in [0.25, 0.3) is 5.91 Å². The first-order valence-electron chi connectivity index (χ1n) is 12.5. The Hall–Kier alpha value is -4.59. The van der Waals surface area contributed by atoms with Gasteiger partial charge in [-0.2, -0.15) is 0 Å². The van der Waals surface area contributed by atoms with Gasteiger partial charge in [-0.15, -0.1) is 0 Å². The lowest BCUT2D eigenvalue weighted by molar-refractivity contribution is -0.117. The van der Waals surface area contributed by atoms with Crippen LogP contribution in [0.15, 0.2) is 85.1 Å². The Labute approximate surface area is 222 Å². The van der Waals surface area contributed by atoms with Crippen molar-refractivity contribution in [3.05, 3.63) is 90.6 Å². The van der Waals surface area contributed by atoms with Gasteiger partial charge < -0.3 is 14.4 Å². The van der Waals surface area contributed by atoms with Crippen LogP contribution in [0.25, 0.3) is 16.9 Å². The molecule has 0 aliphatic carbocycles. The first kappa shape index (κ1) is 26.5. The second-order valence-corrected chi connectivity index (χ2v) is 8.92. The summed E-state index contributed by atoms with van der Waals surface area (Å²) in [6.07, 6.45) is 1.87. The lowest BCUT2D eigenvalue weighted by atomic mass is 10.1. The molecule has 2 amide bonds. The van der Waals surface area contributed by atoms with E-state index in [4.69, 9.17) is 14.5 Å². The summed E-state index contributed by atoms with van der Waals surface area (Å²) in [7, 11) is 1.55. The average Bonchev–Trinajstić information content (AvgIpc) is 3.35. The molecule has 0 unspecified atom stereocenters. The molecule has 1 N–H and O–H groups in total. The molecule has 0 radical (unpaired) electrons. The molecule has 0 saturated carbocycles. The number of hydrogen-bond acceptors (Lipinski definition) is 5. The summed E-state index contributed by atoms with van der Waals surface area (Å²) in [6.45, 7) is 6.08. The molecule has 0 spiro atoms. The van der Waals surface area contributed by atoms with Crippen molar-refractivity contribution < 1.29 is 19.1 Å². The predicted octanol–water partition coefficient (Wildman–Crippen LogP) is 5.44. The zero-order valence-electron chi connectivity index (χ0n) is 22.0. The van der Waals surface area contributed by atoms with Crippen molar-refractivity contribution in [1.29, 1.82) is 0 Å². The minimum absolute atomic E-state index is 0.139. The molecule has 3 aromatic carbocycles. The molecule has 0 fully saturated rings. The van der Waals surface area contributed by atoms with E-state index >= 15 is 0 Å². The third kappa shape index (κ3) is 6.21. The lowest BCUT2D eigenvalue weighted by Crippen LogP contribution is -2.42. The molecule has 0 bridgehead atoms. The van der Waals surface area contributed by atoms with Crippen molar-refractivity contribution in [3.63, 3.8) is 0 Å². The normalized spacial score (nSPS) is 10.8. The largest absolute Gasteiger partial charge is 0.497 e. The lowest BCUT2D eigenvalue weighted by Gasteiger charge is -2.26. The first-order chi connectivity index (χ1) is 18.4. The highest BCUT2D eigenvalue weighted by Crippen LogP contribution is 2.26. The van der Waals surface area contributed by atoms with Gasteiger partial charge in [0.15, 0.2) is 0 Å². The number of carbonyl (C=O) groups is 2. The quantitative estimate of drug-likeness (QED) is 0.306. The molecular weight excluding hydrogens is 480 g/mol. The molecule has 38 heavy (non-hydrogen) atoms. The third-order valence-corrected chi connectivity index (χ3v) is 5.95. The van der Waals surface area contributed by atoms with Crippen LogP contribution >= 0.6 is 0 Å². The Morgan fingerprint density at radius 2 is 1.71 bits per heavy atom. The van der Waals surface area contributed by atoms with Crippen LogP contribution in [0, 0.1) is 0 Å². The fourth-order valence-electron chi connectivity index (χ4n) is 4.03. The Bertz CT molecular complexity index is 1400. The van der Waals surface area contributed by atoms with E-state index in [1.54, 1.807) is 31.4 Å². The maximum absolute atomic E-state index is 13.3. The van der Waals surface area contributed by atoms with Gasteiger partial charge in [-0.3, -0.25) is 19.5 Å². The van der Waals surface area contributed by atoms with E-state index in [2.05, 4.69) is 5.32 Å². The molecule has 4 aromatic rings. The van der Waals surface area contributed by atoms with Gasteiger partial charge >= 0.3 is 0 Å². The van der Waals surface area contributed by atoms with Crippen molar-refractivity contribution in [2.24, 2.45) is 0 Å². The Morgan fingerprint density at radius 1 is 0.974 bits per heavy atom. The monoisotopic (exact) mass is 512 g/mol. The second kappa shape index (κ2) is 12.1. The second-order valence-electron chi connectivity index (χ2n) is 8.92. The summed E-state index contributed by atoms with van der Waals surface area (Å²) in [6, 6.07) is 24.0. The number of methoxy groups -OCH3 is 1. The van der Waals surface area contributed by atoms with Crippen molar-refractivity contribution in [2.75, 3.05) is 25.6 Å². The third-order valence-electron chi connectivity index (χ3n) is 5.95. The highest BCUT2D eigenvalue weighted by molar-refractivity contribution is 5.99. The summed E-state index contributed by atoms with van der Waals surface area (Å²) in [4.78, 5) is 32.8. The molecule has 0 aliphatic rings. The van der Waals surface area contributed by atoms with Gasteiger partial charge in [0, 0.05) is 29.4 Å². The van der Waals surface area contributed by atoms with Crippen LogP contribution in [0.5, 0.6) is 11.5 Å². The van der Waals surface area contributed by atoms with Crippen LogP contribution < -0.4 is 14.8 Å². The molecule has 1 heterocycles. The van der Waals surface area contributed by atoms with Crippen LogP contribution in [0.1, 0.15) is 31.1 Å². The summed E-state index contributed by atoms with van der Waals surface area (Å²) >= 11 is 0. The molecule has 0 aliphatic heterocycles. The fourth-order valence-corrected chi connectivity index (χ4v) is 4.03. The van der Waals surface area contributed by atoms with Gasteiger partial charge in [-0.25, -0.2) is 4.98 Å². The summed E-state index contributed by atoms with van der Waals surface area (Å²) in [5.41, 5.74) is 2.86. The molecule has 0 saturated heterocycles. The van der Waals surface area contributed by atoms with Gasteiger partial charge in [-0.05, 0) is 51.1 Å². The number of rotatable bonds is 10. The number of carbonyl (C=O) groups excluding carboxylic acids is 2. The van der Waals surface area contributed by atoms with E-state index in [-0.39, 0.29) is 24.4 Å². The Balaban J connectivity index is 1.62. The first-order valence-corrected chi connectivity index (χ1v) is 12.5. The van der Waals surface area contributed by atoms with Gasteiger partial charge in [0.1, 0.15) is 18.0 Å². The van der Waals surface area contributed by atoms with Crippen molar-refractivity contribution in [3.8, 4) is 28.4 Å². The molecule has 8 nitrogen and oxygen atoms in total. The Kier molecular flexibility index (Phi) is 8.43. The van der Waals surface area contributed by atoms with E-state index < -0.39 is 0 Å².